The van der Waals surface area contributed by atoms with Crippen LogP contribution in [0.4, 0.5) is 17.1 Å². The summed E-state index contributed by atoms with van der Waals surface area (Å²) in [7, 11) is 2.13. The number of aromatic nitrogens is 2. The van der Waals surface area contributed by atoms with Gasteiger partial charge in [-0.25, -0.2) is 4.98 Å². The summed E-state index contributed by atoms with van der Waals surface area (Å²) in [4.78, 5) is 9.66. The molecule has 0 N–H and O–H groups in total. The Morgan fingerprint density at radius 1 is 0.571 bits per heavy atom. The van der Waals surface area contributed by atoms with E-state index in [4.69, 9.17) is 9.72 Å². The third kappa shape index (κ3) is 4.56. The Labute approximate surface area is 287 Å². The van der Waals surface area contributed by atoms with Gasteiger partial charge in [0.15, 0.2) is 0 Å². The van der Waals surface area contributed by atoms with Crippen molar-refractivity contribution in [1.82, 2.24) is 9.55 Å². The first-order valence-corrected chi connectivity index (χ1v) is 17.3. The molecule has 1 aliphatic rings. The lowest BCUT2D eigenvalue weighted by Gasteiger charge is -2.20. The summed E-state index contributed by atoms with van der Waals surface area (Å²) in [5, 5.41) is 4.77. The average Bonchev–Trinajstić information content (AvgIpc) is 3.80. The molecule has 0 atom stereocenters. The van der Waals surface area contributed by atoms with Crippen LogP contribution in [0.3, 0.4) is 0 Å². The highest BCUT2D eigenvalue weighted by Crippen LogP contribution is 2.42. The van der Waals surface area contributed by atoms with Crippen LogP contribution in [0.15, 0.2) is 152 Å². The zero-order valence-corrected chi connectivity index (χ0v) is 27.6. The van der Waals surface area contributed by atoms with Crippen molar-refractivity contribution in [2.75, 3.05) is 23.5 Å². The summed E-state index contributed by atoms with van der Waals surface area (Å²) in [5.41, 5.74) is 8.07. The van der Waals surface area contributed by atoms with Crippen molar-refractivity contribution in [1.29, 1.82) is 0 Å². The summed E-state index contributed by atoms with van der Waals surface area (Å²) in [6.45, 7) is 0.789. The smallest absolute Gasteiger partial charge is 0.138 e. The van der Waals surface area contributed by atoms with Gasteiger partial charge in [-0.3, -0.25) is 4.57 Å². The molecule has 0 spiro atoms. The lowest BCUT2D eigenvalue weighted by atomic mass is 10.0. The van der Waals surface area contributed by atoms with Gasteiger partial charge >= 0.3 is 0 Å². The zero-order valence-electron chi connectivity index (χ0n) is 26.7. The van der Waals surface area contributed by atoms with Gasteiger partial charge in [0.2, 0.25) is 0 Å². The maximum absolute atomic E-state index is 6.62. The Hall–Kier alpha value is -6.11. The van der Waals surface area contributed by atoms with Gasteiger partial charge in [0.05, 0.1) is 29.1 Å². The number of anilines is 3. The van der Waals surface area contributed by atoms with E-state index in [-0.39, 0.29) is 0 Å². The molecule has 0 fully saturated rings. The van der Waals surface area contributed by atoms with Crippen LogP contribution < -0.4 is 14.5 Å². The van der Waals surface area contributed by atoms with Gasteiger partial charge in [0.25, 0.3) is 0 Å². The second-order valence-corrected chi connectivity index (χ2v) is 13.7. The van der Waals surface area contributed by atoms with E-state index in [9.17, 15) is 0 Å². The van der Waals surface area contributed by atoms with Crippen LogP contribution >= 0.6 is 11.3 Å². The monoisotopic (exact) mass is 650 g/mol. The van der Waals surface area contributed by atoms with E-state index >= 15 is 0 Å². The van der Waals surface area contributed by atoms with E-state index in [2.05, 4.69) is 161 Å². The van der Waals surface area contributed by atoms with Gasteiger partial charge in [0, 0.05) is 62.0 Å². The molecule has 0 amide bonds. The lowest BCUT2D eigenvalue weighted by molar-refractivity contribution is 0.483. The molecule has 1 aliphatic heterocycles. The second kappa shape index (κ2) is 11.0. The SMILES string of the molecule is CN1CN(c2cccc(Oc3ccc4c5cc(-c6ccccc6)ccc5n(-c5cc6sc7ccccc7c6cn5)c4c3)c2)c2ccccc21. The number of para-hydroxylation sites is 2. The zero-order chi connectivity index (χ0) is 32.5. The first-order chi connectivity index (χ1) is 24.2. The highest BCUT2D eigenvalue weighted by atomic mass is 32.1. The van der Waals surface area contributed by atoms with E-state index in [1.165, 1.54) is 48.1 Å². The van der Waals surface area contributed by atoms with Crippen LogP contribution in [0.25, 0.3) is 58.9 Å². The van der Waals surface area contributed by atoms with E-state index in [0.29, 0.717) is 0 Å². The molecular formula is C43H30N4OS. The average molecular weight is 651 g/mol. The highest BCUT2D eigenvalue weighted by Gasteiger charge is 2.24. The fourth-order valence-corrected chi connectivity index (χ4v) is 8.41. The minimum Gasteiger partial charge on any atom is -0.457 e. The fourth-order valence-electron chi connectivity index (χ4n) is 7.30. The van der Waals surface area contributed by atoms with Crippen molar-refractivity contribution in [3.63, 3.8) is 0 Å². The Balaban J connectivity index is 1.10. The largest absolute Gasteiger partial charge is 0.457 e. The molecule has 49 heavy (non-hydrogen) atoms. The molecule has 4 heterocycles. The highest BCUT2D eigenvalue weighted by molar-refractivity contribution is 7.25. The molecule has 0 saturated heterocycles. The fraction of sp³-hybridized carbons (Fsp3) is 0.0465. The molecule has 0 aliphatic carbocycles. The van der Waals surface area contributed by atoms with Crippen molar-refractivity contribution >= 4 is 70.4 Å². The van der Waals surface area contributed by atoms with Gasteiger partial charge < -0.3 is 14.5 Å². The number of fused-ring (bicyclic) bond motifs is 7. The Kier molecular flexibility index (Phi) is 6.26. The number of benzene rings is 6. The van der Waals surface area contributed by atoms with Crippen LogP contribution in [0.2, 0.25) is 0 Å². The molecule has 234 valence electrons. The predicted molar refractivity (Wildman–Crippen MR) is 205 cm³/mol. The maximum atomic E-state index is 6.62. The second-order valence-electron chi connectivity index (χ2n) is 12.6. The van der Waals surface area contributed by atoms with Gasteiger partial charge in [-0.1, -0.05) is 72.8 Å². The molecule has 10 rings (SSSR count). The minimum absolute atomic E-state index is 0.777. The van der Waals surface area contributed by atoms with Crippen LogP contribution in [0, 0.1) is 0 Å². The maximum Gasteiger partial charge on any atom is 0.138 e. The van der Waals surface area contributed by atoms with Crippen LogP contribution in [0.5, 0.6) is 11.5 Å². The quantitative estimate of drug-likeness (QED) is 0.186. The standard InChI is InChI=1S/C43H30N4OS/c1-45-27-46(39-16-7-6-15-38(39)45)30-12-9-13-31(23-30)48-32-19-20-33-35-22-29(28-10-3-2-4-11-28)18-21-37(35)47(40(33)24-32)43-25-42-36(26-44-43)34-14-5-8-17-41(34)49-42/h2-26H,27H2,1H3. The molecule has 0 unspecified atom stereocenters. The number of nitrogens with zero attached hydrogens (tertiary/aromatic N) is 4. The number of hydrogen-bond acceptors (Lipinski definition) is 5. The molecule has 0 radical (unpaired) electrons. The number of pyridine rings is 1. The molecule has 0 saturated carbocycles. The number of thiophene rings is 1. The molecule has 0 bridgehead atoms. The minimum atomic E-state index is 0.777. The third-order valence-corrected chi connectivity index (χ3v) is 10.8. The molecular weight excluding hydrogens is 621 g/mol. The predicted octanol–water partition coefficient (Wildman–Crippen LogP) is 11.6. The molecule has 3 aromatic heterocycles. The lowest BCUT2D eigenvalue weighted by Crippen LogP contribution is -2.23. The first kappa shape index (κ1) is 28.0. The van der Waals surface area contributed by atoms with Gasteiger partial charge in [-0.05, 0) is 71.8 Å². The Bertz CT molecular complexity index is 2710. The van der Waals surface area contributed by atoms with Crippen LogP contribution in [-0.4, -0.2) is 23.3 Å². The number of ether oxygens (including phenoxy) is 1. The van der Waals surface area contributed by atoms with Crippen molar-refractivity contribution in [3.8, 4) is 28.4 Å². The van der Waals surface area contributed by atoms with Crippen molar-refractivity contribution in [2.45, 2.75) is 0 Å². The van der Waals surface area contributed by atoms with Gasteiger partial charge in [-0.15, -0.1) is 11.3 Å². The molecule has 6 aromatic carbocycles. The summed E-state index contributed by atoms with van der Waals surface area (Å²) >= 11 is 1.81. The third-order valence-electron chi connectivity index (χ3n) is 9.62. The Morgan fingerprint density at radius 3 is 2.31 bits per heavy atom. The Morgan fingerprint density at radius 2 is 1.39 bits per heavy atom. The van der Waals surface area contributed by atoms with Gasteiger partial charge in [0.1, 0.15) is 17.3 Å². The molecule has 5 nitrogen and oxygen atoms in total. The van der Waals surface area contributed by atoms with Gasteiger partial charge in [-0.2, -0.15) is 0 Å². The van der Waals surface area contributed by atoms with E-state index in [0.717, 1.165) is 46.1 Å². The first-order valence-electron chi connectivity index (χ1n) is 16.4. The van der Waals surface area contributed by atoms with E-state index in [1.807, 2.05) is 23.6 Å². The van der Waals surface area contributed by atoms with Crippen molar-refractivity contribution in [3.05, 3.63) is 152 Å². The number of rotatable bonds is 5. The summed E-state index contributed by atoms with van der Waals surface area (Å²) in [6, 6.07) is 51.4. The normalized spacial score (nSPS) is 12.8. The van der Waals surface area contributed by atoms with E-state index < -0.39 is 0 Å². The van der Waals surface area contributed by atoms with Crippen molar-refractivity contribution < 1.29 is 4.74 Å². The van der Waals surface area contributed by atoms with Crippen LogP contribution in [0.1, 0.15) is 0 Å². The summed E-state index contributed by atoms with van der Waals surface area (Å²) in [5.74, 6) is 2.46. The summed E-state index contributed by atoms with van der Waals surface area (Å²) < 4.78 is 11.4. The topological polar surface area (TPSA) is 33.5 Å². The summed E-state index contributed by atoms with van der Waals surface area (Å²) in [6.07, 6.45) is 2.03. The molecule has 6 heteroatoms. The van der Waals surface area contributed by atoms with Crippen molar-refractivity contribution in [2.24, 2.45) is 0 Å². The van der Waals surface area contributed by atoms with Crippen LogP contribution in [-0.2, 0) is 0 Å². The van der Waals surface area contributed by atoms with E-state index in [1.54, 1.807) is 0 Å². The number of hydrogen-bond donors (Lipinski definition) is 0. The molecule has 9 aromatic rings.